The molecular weight excluding hydrogens is 428 g/mol. The fourth-order valence-corrected chi connectivity index (χ4v) is 5.79. The summed E-state index contributed by atoms with van der Waals surface area (Å²) in [5.41, 5.74) is 2.53. The lowest BCUT2D eigenvalue weighted by atomic mass is 10.1. The van der Waals surface area contributed by atoms with Crippen LogP contribution in [0, 0.1) is 13.8 Å². The third-order valence-electron chi connectivity index (χ3n) is 2.50. The van der Waals surface area contributed by atoms with Crippen molar-refractivity contribution >= 4 is 59.1 Å². The minimum Gasteiger partial charge on any atom is -0.143 e. The van der Waals surface area contributed by atoms with Crippen LogP contribution >= 0.6 is 59.1 Å². The van der Waals surface area contributed by atoms with E-state index in [1.165, 1.54) is 25.4 Å². The molecule has 2 aromatic rings. The summed E-state index contributed by atoms with van der Waals surface area (Å²) < 4.78 is 2.33. The van der Waals surface area contributed by atoms with Crippen molar-refractivity contribution in [1.82, 2.24) is 0 Å². The van der Waals surface area contributed by atoms with Crippen LogP contribution < -0.4 is 0 Å². The zero-order chi connectivity index (χ0) is 12.6. The van der Waals surface area contributed by atoms with Gasteiger partial charge in [-0.2, -0.15) is 0 Å². The van der Waals surface area contributed by atoms with Crippen LogP contribution in [0.3, 0.4) is 0 Å². The highest BCUT2D eigenvalue weighted by Gasteiger charge is 2.18. The van der Waals surface area contributed by atoms with Crippen molar-refractivity contribution in [3.05, 3.63) is 54.1 Å². The summed E-state index contributed by atoms with van der Waals surface area (Å²) in [5, 5.41) is 0. The van der Waals surface area contributed by atoms with Crippen LogP contribution in [0.4, 0.5) is 0 Å². The highest BCUT2D eigenvalue weighted by Crippen LogP contribution is 2.42. The standard InChI is InChI=1S/C13H11Br3S/c1-7-3-4-9(10(14)5-7)12(16)13-11(15)6-8(2)17-13/h3-6,12H,1-2H3. The molecule has 1 atom stereocenters. The second kappa shape index (κ2) is 5.55. The molecule has 0 nitrogen and oxygen atoms in total. The first-order chi connectivity index (χ1) is 7.99. The molecule has 0 radical (unpaired) electrons. The molecule has 0 spiro atoms. The molecule has 0 amide bonds. The number of alkyl halides is 1. The largest absolute Gasteiger partial charge is 0.143 e. The Morgan fingerprint density at radius 2 is 1.76 bits per heavy atom. The van der Waals surface area contributed by atoms with Gasteiger partial charge in [0.15, 0.2) is 0 Å². The molecule has 1 aromatic carbocycles. The molecule has 0 aliphatic carbocycles. The fourth-order valence-electron chi connectivity index (χ4n) is 1.65. The third-order valence-corrected chi connectivity index (χ3v) is 6.47. The summed E-state index contributed by atoms with van der Waals surface area (Å²) in [4.78, 5) is 2.86. The van der Waals surface area contributed by atoms with E-state index in [2.05, 4.69) is 85.9 Å². The molecule has 0 aliphatic heterocycles. The average Bonchev–Trinajstić information content (AvgIpc) is 2.57. The minimum absolute atomic E-state index is 0.227. The van der Waals surface area contributed by atoms with Crippen LogP contribution in [0.5, 0.6) is 0 Å². The topological polar surface area (TPSA) is 0 Å². The van der Waals surface area contributed by atoms with Gasteiger partial charge in [-0.25, -0.2) is 0 Å². The van der Waals surface area contributed by atoms with Gasteiger partial charge in [0.05, 0.1) is 4.83 Å². The number of thiophene rings is 1. The number of benzene rings is 1. The van der Waals surface area contributed by atoms with Crippen LogP contribution in [0.2, 0.25) is 0 Å². The van der Waals surface area contributed by atoms with Gasteiger partial charge in [-0.15, -0.1) is 11.3 Å². The SMILES string of the molecule is Cc1ccc(C(Br)c2sc(C)cc2Br)c(Br)c1. The predicted molar refractivity (Wildman–Crippen MR) is 86.4 cm³/mol. The second-order valence-corrected chi connectivity index (χ2v) is 7.87. The molecule has 0 saturated carbocycles. The normalized spacial score (nSPS) is 12.8. The summed E-state index contributed by atoms with van der Waals surface area (Å²) in [6.45, 7) is 4.23. The van der Waals surface area contributed by atoms with Crippen LogP contribution in [-0.2, 0) is 0 Å². The van der Waals surface area contributed by atoms with Gasteiger partial charge in [0.1, 0.15) is 0 Å². The number of hydrogen-bond acceptors (Lipinski definition) is 1. The van der Waals surface area contributed by atoms with Gasteiger partial charge in [-0.3, -0.25) is 0 Å². The summed E-state index contributed by atoms with van der Waals surface area (Å²) in [6, 6.07) is 8.62. The maximum absolute atomic E-state index is 3.78. The molecule has 0 N–H and O–H groups in total. The number of halogens is 3. The molecule has 4 heteroatoms. The summed E-state index contributed by atoms with van der Waals surface area (Å²) >= 11 is 12.9. The highest BCUT2D eigenvalue weighted by molar-refractivity contribution is 9.11. The lowest BCUT2D eigenvalue weighted by Gasteiger charge is -2.12. The van der Waals surface area contributed by atoms with E-state index in [-0.39, 0.29) is 4.83 Å². The van der Waals surface area contributed by atoms with E-state index in [1.54, 1.807) is 0 Å². The van der Waals surface area contributed by atoms with Gasteiger partial charge in [-0.1, -0.05) is 44.0 Å². The molecule has 0 aliphatic rings. The maximum Gasteiger partial charge on any atom is 0.0760 e. The van der Waals surface area contributed by atoms with Crippen molar-refractivity contribution in [3.8, 4) is 0 Å². The molecule has 2 rings (SSSR count). The van der Waals surface area contributed by atoms with Gasteiger partial charge >= 0.3 is 0 Å². The highest BCUT2D eigenvalue weighted by atomic mass is 79.9. The fraction of sp³-hybridized carbons (Fsp3) is 0.231. The number of rotatable bonds is 2. The van der Waals surface area contributed by atoms with Gasteiger partial charge in [0.25, 0.3) is 0 Å². The first kappa shape index (κ1) is 13.8. The molecule has 0 bridgehead atoms. The third kappa shape index (κ3) is 3.03. The van der Waals surface area contributed by atoms with Crippen LogP contribution in [-0.4, -0.2) is 0 Å². The molecule has 0 saturated heterocycles. The second-order valence-electron chi connectivity index (χ2n) is 3.96. The Balaban J connectivity index is 2.43. The molecular formula is C13H11Br3S. The van der Waals surface area contributed by atoms with Crippen molar-refractivity contribution in [2.75, 3.05) is 0 Å². The monoisotopic (exact) mass is 436 g/mol. The first-order valence-electron chi connectivity index (χ1n) is 5.15. The van der Waals surface area contributed by atoms with Crippen molar-refractivity contribution in [3.63, 3.8) is 0 Å². The smallest absolute Gasteiger partial charge is 0.0760 e. The van der Waals surface area contributed by atoms with E-state index < -0.39 is 0 Å². The lowest BCUT2D eigenvalue weighted by Crippen LogP contribution is -1.92. The first-order valence-corrected chi connectivity index (χ1v) is 8.47. The van der Waals surface area contributed by atoms with E-state index in [0.29, 0.717) is 0 Å². The Morgan fingerprint density at radius 3 is 2.29 bits per heavy atom. The minimum atomic E-state index is 0.227. The van der Waals surface area contributed by atoms with Crippen LogP contribution in [0.25, 0.3) is 0 Å². The van der Waals surface area contributed by atoms with Crippen molar-refractivity contribution < 1.29 is 0 Å². The van der Waals surface area contributed by atoms with Crippen molar-refractivity contribution in [2.24, 2.45) is 0 Å². The van der Waals surface area contributed by atoms with Gasteiger partial charge in [-0.05, 0) is 53.0 Å². The van der Waals surface area contributed by atoms with E-state index in [0.717, 1.165) is 4.47 Å². The van der Waals surface area contributed by atoms with Gasteiger partial charge in [0, 0.05) is 18.7 Å². The van der Waals surface area contributed by atoms with Crippen molar-refractivity contribution in [1.29, 1.82) is 0 Å². The van der Waals surface area contributed by atoms with E-state index in [9.17, 15) is 0 Å². The summed E-state index contributed by atoms with van der Waals surface area (Å²) in [6.07, 6.45) is 0. The summed E-state index contributed by atoms with van der Waals surface area (Å²) in [7, 11) is 0. The zero-order valence-corrected chi connectivity index (χ0v) is 15.0. The van der Waals surface area contributed by atoms with Crippen molar-refractivity contribution in [2.45, 2.75) is 18.7 Å². The van der Waals surface area contributed by atoms with E-state index in [4.69, 9.17) is 0 Å². The van der Waals surface area contributed by atoms with Gasteiger partial charge in [0.2, 0.25) is 0 Å². The maximum atomic E-state index is 3.78. The van der Waals surface area contributed by atoms with Crippen LogP contribution in [0.15, 0.2) is 33.2 Å². The van der Waals surface area contributed by atoms with Crippen LogP contribution in [0.1, 0.15) is 25.7 Å². The quantitative estimate of drug-likeness (QED) is 0.477. The Morgan fingerprint density at radius 1 is 1.06 bits per heavy atom. The molecule has 1 heterocycles. The molecule has 90 valence electrons. The molecule has 1 unspecified atom stereocenters. The number of aryl methyl sites for hydroxylation is 2. The van der Waals surface area contributed by atoms with E-state index >= 15 is 0 Å². The Labute approximate surface area is 131 Å². The molecule has 1 aromatic heterocycles. The lowest BCUT2D eigenvalue weighted by molar-refractivity contribution is 1.19. The Bertz CT molecular complexity index is 546. The van der Waals surface area contributed by atoms with Gasteiger partial charge < -0.3 is 0 Å². The zero-order valence-electron chi connectivity index (χ0n) is 9.43. The molecule has 0 fully saturated rings. The summed E-state index contributed by atoms with van der Waals surface area (Å²) in [5.74, 6) is 0. The Kier molecular flexibility index (Phi) is 4.50. The molecule has 17 heavy (non-hydrogen) atoms. The average molecular weight is 439 g/mol. The number of hydrogen-bond donors (Lipinski definition) is 0. The Hall–Kier alpha value is 0.360. The van der Waals surface area contributed by atoms with E-state index in [1.807, 2.05) is 11.3 Å². The predicted octanol–water partition coefficient (Wildman–Crippen LogP) is 6.37.